The summed E-state index contributed by atoms with van der Waals surface area (Å²) in [7, 11) is 0. The van der Waals surface area contributed by atoms with Crippen LogP contribution in [0.25, 0.3) is 0 Å². The third kappa shape index (κ3) is 6.53. The summed E-state index contributed by atoms with van der Waals surface area (Å²) in [6, 6.07) is 20.3. The minimum atomic E-state index is 0.478. The maximum Gasteiger partial charge on any atom is 0.169 e. The lowest BCUT2D eigenvalue weighted by Crippen LogP contribution is -2.39. The number of benzene rings is 2. The van der Waals surface area contributed by atoms with Crippen LogP contribution in [-0.4, -0.2) is 16.1 Å². The zero-order valence-corrected chi connectivity index (χ0v) is 21.3. The number of unbranched alkanes of at least 4 members (excludes halogenated alkanes) is 3. The molecule has 2 aromatic carbocycles. The summed E-state index contributed by atoms with van der Waals surface area (Å²) >= 11 is 1.94. The van der Waals surface area contributed by atoms with E-state index in [-0.39, 0.29) is 0 Å². The second-order valence-electron chi connectivity index (χ2n) is 9.58. The van der Waals surface area contributed by atoms with Crippen molar-refractivity contribution in [2.45, 2.75) is 90.6 Å². The van der Waals surface area contributed by atoms with E-state index in [2.05, 4.69) is 79.4 Å². The molecule has 4 rings (SSSR count). The van der Waals surface area contributed by atoms with Gasteiger partial charge in [-0.1, -0.05) is 106 Å². The molecule has 1 aliphatic heterocycles. The van der Waals surface area contributed by atoms with E-state index in [0.29, 0.717) is 6.04 Å². The first-order chi connectivity index (χ1) is 16.3. The molecule has 1 unspecified atom stereocenters. The summed E-state index contributed by atoms with van der Waals surface area (Å²) in [5, 5.41) is 1.18. The minimum absolute atomic E-state index is 0.478. The molecule has 0 bridgehead atoms. The van der Waals surface area contributed by atoms with Crippen molar-refractivity contribution in [1.82, 2.24) is 4.90 Å². The number of rotatable bonds is 9. The Labute approximate surface area is 205 Å². The van der Waals surface area contributed by atoms with Gasteiger partial charge < -0.3 is 4.90 Å². The van der Waals surface area contributed by atoms with Crippen molar-refractivity contribution >= 4 is 22.6 Å². The number of thioether (sulfide) groups is 1. The van der Waals surface area contributed by atoms with Crippen molar-refractivity contribution in [3.8, 4) is 0 Å². The molecule has 2 aliphatic rings. The highest BCUT2D eigenvalue weighted by Gasteiger charge is 2.40. The van der Waals surface area contributed by atoms with Gasteiger partial charge in [0.05, 0.1) is 11.7 Å². The second-order valence-corrected chi connectivity index (χ2v) is 10.6. The van der Waals surface area contributed by atoms with Crippen LogP contribution in [0.4, 0.5) is 5.69 Å². The molecule has 1 aliphatic carbocycles. The van der Waals surface area contributed by atoms with E-state index in [4.69, 9.17) is 4.99 Å². The Balaban J connectivity index is 1.67. The first kappa shape index (κ1) is 24.1. The van der Waals surface area contributed by atoms with Gasteiger partial charge in [0.25, 0.3) is 0 Å². The van der Waals surface area contributed by atoms with E-state index in [1.807, 2.05) is 11.8 Å². The molecular formula is C30H40N2S. The lowest BCUT2D eigenvalue weighted by atomic mass is 9.82. The van der Waals surface area contributed by atoms with Gasteiger partial charge in [-0.3, -0.25) is 0 Å². The second kappa shape index (κ2) is 12.5. The Bertz CT molecular complexity index is 910. The molecule has 0 amide bonds. The van der Waals surface area contributed by atoms with Crippen LogP contribution in [0.5, 0.6) is 0 Å². The van der Waals surface area contributed by atoms with Crippen molar-refractivity contribution in [2.24, 2.45) is 10.9 Å². The first-order valence-corrected chi connectivity index (χ1v) is 14.0. The van der Waals surface area contributed by atoms with Crippen LogP contribution < -0.4 is 0 Å². The predicted molar refractivity (Wildman–Crippen MR) is 145 cm³/mol. The quantitative estimate of drug-likeness (QED) is 0.347. The highest BCUT2D eigenvalue weighted by Crippen LogP contribution is 2.45. The van der Waals surface area contributed by atoms with Gasteiger partial charge in [0.2, 0.25) is 0 Å². The van der Waals surface area contributed by atoms with Gasteiger partial charge in [-0.2, -0.15) is 0 Å². The molecule has 33 heavy (non-hydrogen) atoms. The summed E-state index contributed by atoms with van der Waals surface area (Å²) in [6.45, 7) is 5.44. The van der Waals surface area contributed by atoms with Gasteiger partial charge >= 0.3 is 0 Å². The molecule has 1 atom stereocenters. The van der Waals surface area contributed by atoms with Crippen molar-refractivity contribution in [3.05, 3.63) is 76.7 Å². The van der Waals surface area contributed by atoms with Gasteiger partial charge in [-0.05, 0) is 61.3 Å². The van der Waals surface area contributed by atoms with E-state index in [1.165, 1.54) is 74.1 Å². The van der Waals surface area contributed by atoms with Crippen LogP contribution in [0, 0.1) is 5.92 Å². The molecule has 1 saturated carbocycles. The number of aliphatic imine (C=N–C) groups is 1. The lowest BCUT2D eigenvalue weighted by Gasteiger charge is -2.35. The Morgan fingerprint density at radius 3 is 2.36 bits per heavy atom. The van der Waals surface area contributed by atoms with Crippen molar-refractivity contribution in [2.75, 3.05) is 0 Å². The van der Waals surface area contributed by atoms with Crippen LogP contribution in [0.15, 0.2) is 70.6 Å². The van der Waals surface area contributed by atoms with E-state index in [1.54, 1.807) is 4.91 Å². The maximum absolute atomic E-state index is 5.22. The standard InChI is InChI=1S/C30H40N2S/c1-3-5-6-13-18-28-29(26-16-11-8-12-17-26)32(23-25-14-9-7-10-15-25)30(33-28)31-27-21-19-24(4-2)20-22-27/h7,9-10,14-15,18-22,26,29H,3-6,8,11-13,16-17,23H2,1-2H3/b28-18-,31-30?. The zero-order chi connectivity index (χ0) is 22.9. The van der Waals surface area contributed by atoms with Gasteiger partial charge in [0.15, 0.2) is 5.17 Å². The maximum atomic E-state index is 5.22. The number of hydrogen-bond donors (Lipinski definition) is 0. The topological polar surface area (TPSA) is 15.6 Å². The van der Waals surface area contributed by atoms with Gasteiger partial charge in [-0.15, -0.1) is 0 Å². The number of nitrogens with zero attached hydrogens (tertiary/aromatic N) is 2. The lowest BCUT2D eigenvalue weighted by molar-refractivity contribution is 0.218. The van der Waals surface area contributed by atoms with Gasteiger partial charge in [-0.25, -0.2) is 4.99 Å². The summed E-state index contributed by atoms with van der Waals surface area (Å²) in [5.41, 5.74) is 3.82. The Kier molecular flexibility index (Phi) is 9.11. The van der Waals surface area contributed by atoms with E-state index < -0.39 is 0 Å². The summed E-state index contributed by atoms with van der Waals surface area (Å²) < 4.78 is 0. The highest BCUT2D eigenvalue weighted by atomic mass is 32.2. The molecule has 0 spiro atoms. The molecule has 2 aromatic rings. The van der Waals surface area contributed by atoms with Crippen LogP contribution >= 0.6 is 11.8 Å². The number of allylic oxidation sites excluding steroid dienone is 1. The summed E-state index contributed by atoms with van der Waals surface area (Å²) in [5.74, 6) is 0.738. The fourth-order valence-corrected chi connectivity index (χ4v) is 6.48. The summed E-state index contributed by atoms with van der Waals surface area (Å²) in [6.07, 6.45) is 15.6. The molecule has 0 aromatic heterocycles. The molecule has 1 saturated heterocycles. The average molecular weight is 461 g/mol. The molecule has 3 heteroatoms. The molecule has 176 valence electrons. The van der Waals surface area contributed by atoms with Crippen molar-refractivity contribution in [3.63, 3.8) is 0 Å². The Hall–Kier alpha value is -2.00. The molecule has 2 fully saturated rings. The van der Waals surface area contributed by atoms with E-state index in [9.17, 15) is 0 Å². The molecule has 1 heterocycles. The zero-order valence-electron chi connectivity index (χ0n) is 20.5. The highest BCUT2D eigenvalue weighted by molar-refractivity contribution is 8.17. The Morgan fingerprint density at radius 1 is 0.909 bits per heavy atom. The smallest absolute Gasteiger partial charge is 0.169 e. The Morgan fingerprint density at radius 2 is 1.67 bits per heavy atom. The van der Waals surface area contributed by atoms with Crippen LogP contribution in [-0.2, 0) is 13.0 Å². The van der Waals surface area contributed by atoms with Gasteiger partial charge in [0, 0.05) is 11.4 Å². The molecule has 0 radical (unpaired) electrons. The van der Waals surface area contributed by atoms with Crippen molar-refractivity contribution < 1.29 is 0 Å². The third-order valence-electron chi connectivity index (χ3n) is 7.10. The monoisotopic (exact) mass is 460 g/mol. The fourth-order valence-electron chi connectivity index (χ4n) is 5.18. The number of hydrogen-bond acceptors (Lipinski definition) is 2. The molecular weight excluding hydrogens is 420 g/mol. The number of aryl methyl sites for hydroxylation is 1. The van der Waals surface area contributed by atoms with Crippen LogP contribution in [0.2, 0.25) is 0 Å². The minimum Gasteiger partial charge on any atom is -0.339 e. The SMILES string of the molecule is CCCCC/C=C1\SC(=Nc2ccc(CC)cc2)N(Cc2ccccc2)C1C1CCCCC1. The predicted octanol–water partition coefficient (Wildman–Crippen LogP) is 8.90. The largest absolute Gasteiger partial charge is 0.339 e. The molecule has 0 N–H and O–H groups in total. The normalized spacial score (nSPS) is 21.9. The van der Waals surface area contributed by atoms with Crippen LogP contribution in [0.3, 0.4) is 0 Å². The van der Waals surface area contributed by atoms with E-state index >= 15 is 0 Å². The first-order valence-electron chi connectivity index (χ1n) is 13.1. The third-order valence-corrected chi connectivity index (χ3v) is 8.25. The van der Waals surface area contributed by atoms with Gasteiger partial charge in [0.1, 0.15) is 0 Å². The number of amidine groups is 1. The van der Waals surface area contributed by atoms with Crippen molar-refractivity contribution in [1.29, 1.82) is 0 Å². The summed E-state index contributed by atoms with van der Waals surface area (Å²) in [4.78, 5) is 9.40. The average Bonchev–Trinajstić information content (AvgIpc) is 3.20. The molecule has 2 nitrogen and oxygen atoms in total. The van der Waals surface area contributed by atoms with E-state index in [0.717, 1.165) is 24.6 Å². The fraction of sp³-hybridized carbons (Fsp3) is 0.500. The van der Waals surface area contributed by atoms with Crippen LogP contribution in [0.1, 0.15) is 82.8 Å².